The van der Waals surface area contributed by atoms with Gasteiger partial charge in [-0.05, 0) is 75.8 Å². The topological polar surface area (TPSA) is 61.4 Å². The number of rotatable bonds is 8. The highest BCUT2D eigenvalue weighted by Gasteiger charge is 2.32. The molecule has 0 spiro atoms. The summed E-state index contributed by atoms with van der Waals surface area (Å²) in [5.74, 6) is -0.123. The smallest absolute Gasteiger partial charge is 0.251 e. The third-order valence-electron chi connectivity index (χ3n) is 7.97. The van der Waals surface area contributed by atoms with Crippen LogP contribution in [0.4, 0.5) is 4.39 Å². The van der Waals surface area contributed by atoms with Gasteiger partial charge in [-0.3, -0.25) is 9.59 Å². The van der Waals surface area contributed by atoms with Gasteiger partial charge in [0.2, 0.25) is 5.91 Å². The van der Waals surface area contributed by atoms with E-state index in [-0.39, 0.29) is 35.1 Å². The van der Waals surface area contributed by atoms with E-state index in [4.69, 9.17) is 0 Å². The summed E-state index contributed by atoms with van der Waals surface area (Å²) in [6.07, 6.45) is 7.77. The van der Waals surface area contributed by atoms with Crippen LogP contribution in [0.2, 0.25) is 0 Å². The fourth-order valence-corrected chi connectivity index (χ4v) is 5.46. The standard InChI is InChI=1S/C30H40FN3O2/c1-22-11-13-24(14-12-22)29(36)33-30(2)16-19-34(20-17-30)18-15-27(25-9-6-10-26(31)21-25)32-28(35)23-7-4-3-5-8-23/h6,9-14,21,23,27H,3-5,7-8,15-20H2,1-2H3,(H,32,35)(H,33,36). The Labute approximate surface area is 214 Å². The lowest BCUT2D eigenvalue weighted by molar-refractivity contribution is -0.126. The quantitative estimate of drug-likeness (QED) is 0.507. The van der Waals surface area contributed by atoms with E-state index < -0.39 is 0 Å². The van der Waals surface area contributed by atoms with Gasteiger partial charge in [0.1, 0.15) is 5.82 Å². The van der Waals surface area contributed by atoms with Gasteiger partial charge in [-0.2, -0.15) is 0 Å². The Morgan fingerprint density at radius 3 is 2.42 bits per heavy atom. The number of likely N-dealkylation sites (tertiary alicyclic amines) is 1. The normalized spacial score (nSPS) is 19.4. The summed E-state index contributed by atoms with van der Waals surface area (Å²) < 4.78 is 14.0. The second-order valence-electron chi connectivity index (χ2n) is 11.0. The molecule has 36 heavy (non-hydrogen) atoms. The number of halogens is 1. The first-order chi connectivity index (χ1) is 17.3. The predicted molar refractivity (Wildman–Crippen MR) is 141 cm³/mol. The van der Waals surface area contributed by atoms with Crippen molar-refractivity contribution in [1.82, 2.24) is 15.5 Å². The van der Waals surface area contributed by atoms with Gasteiger partial charge in [0, 0.05) is 36.7 Å². The molecule has 194 valence electrons. The van der Waals surface area contributed by atoms with Gasteiger partial charge in [0.25, 0.3) is 5.91 Å². The molecule has 1 heterocycles. The molecular weight excluding hydrogens is 453 g/mol. The number of hydrogen-bond acceptors (Lipinski definition) is 3. The number of nitrogens with zero attached hydrogens (tertiary/aromatic N) is 1. The Kier molecular flexibility index (Phi) is 8.78. The van der Waals surface area contributed by atoms with Crippen molar-refractivity contribution >= 4 is 11.8 Å². The molecule has 5 nitrogen and oxygen atoms in total. The van der Waals surface area contributed by atoms with Crippen LogP contribution >= 0.6 is 0 Å². The van der Waals surface area contributed by atoms with Crippen LogP contribution in [0, 0.1) is 18.7 Å². The SMILES string of the molecule is Cc1ccc(C(=O)NC2(C)CCN(CCC(NC(=O)C3CCCCC3)c3cccc(F)c3)CC2)cc1. The van der Waals surface area contributed by atoms with E-state index in [1.54, 1.807) is 12.1 Å². The zero-order valence-corrected chi connectivity index (χ0v) is 21.7. The maximum atomic E-state index is 14.0. The van der Waals surface area contributed by atoms with E-state index in [2.05, 4.69) is 22.5 Å². The first kappa shape index (κ1) is 26.3. The van der Waals surface area contributed by atoms with Gasteiger partial charge in [0.15, 0.2) is 0 Å². The van der Waals surface area contributed by atoms with Crippen molar-refractivity contribution in [3.63, 3.8) is 0 Å². The largest absolute Gasteiger partial charge is 0.349 e. The molecule has 1 atom stereocenters. The number of carbonyl (C=O) groups excluding carboxylic acids is 2. The molecule has 1 unspecified atom stereocenters. The van der Waals surface area contributed by atoms with E-state index in [0.717, 1.165) is 75.7 Å². The minimum atomic E-state index is -0.275. The third-order valence-corrected chi connectivity index (χ3v) is 7.97. The van der Waals surface area contributed by atoms with Gasteiger partial charge in [-0.15, -0.1) is 0 Å². The number of aryl methyl sites for hydroxylation is 1. The fraction of sp³-hybridized carbons (Fsp3) is 0.533. The molecule has 1 aliphatic carbocycles. The van der Waals surface area contributed by atoms with Crippen LogP contribution in [0.5, 0.6) is 0 Å². The number of hydrogen-bond donors (Lipinski definition) is 2. The lowest BCUT2D eigenvalue weighted by Gasteiger charge is -2.40. The zero-order chi connectivity index (χ0) is 25.5. The van der Waals surface area contributed by atoms with E-state index in [1.807, 2.05) is 37.3 Å². The van der Waals surface area contributed by atoms with Crippen LogP contribution in [0.25, 0.3) is 0 Å². The monoisotopic (exact) mass is 493 g/mol. The lowest BCUT2D eigenvalue weighted by atomic mass is 9.88. The van der Waals surface area contributed by atoms with E-state index in [9.17, 15) is 14.0 Å². The molecule has 1 saturated heterocycles. The van der Waals surface area contributed by atoms with Crippen LogP contribution in [0.15, 0.2) is 48.5 Å². The van der Waals surface area contributed by atoms with Crippen molar-refractivity contribution in [3.05, 3.63) is 71.0 Å². The summed E-state index contributed by atoms with van der Waals surface area (Å²) in [5.41, 5.74) is 2.41. The molecule has 0 bridgehead atoms. The molecule has 2 aromatic rings. The average molecular weight is 494 g/mol. The van der Waals surface area contributed by atoms with Crippen LogP contribution in [-0.2, 0) is 4.79 Å². The van der Waals surface area contributed by atoms with Gasteiger partial charge >= 0.3 is 0 Å². The maximum absolute atomic E-state index is 14.0. The number of amides is 2. The Balaban J connectivity index is 1.32. The van der Waals surface area contributed by atoms with Crippen molar-refractivity contribution in [2.75, 3.05) is 19.6 Å². The first-order valence-corrected chi connectivity index (χ1v) is 13.5. The van der Waals surface area contributed by atoms with Gasteiger partial charge in [-0.1, -0.05) is 49.1 Å². The highest BCUT2D eigenvalue weighted by atomic mass is 19.1. The number of piperidine rings is 1. The summed E-state index contributed by atoms with van der Waals surface area (Å²) in [7, 11) is 0. The van der Waals surface area contributed by atoms with Crippen molar-refractivity contribution in [1.29, 1.82) is 0 Å². The van der Waals surface area contributed by atoms with Gasteiger partial charge in [0.05, 0.1) is 6.04 Å². The van der Waals surface area contributed by atoms with E-state index >= 15 is 0 Å². The molecule has 2 aliphatic rings. The highest BCUT2D eigenvalue weighted by molar-refractivity contribution is 5.94. The minimum absolute atomic E-state index is 0.0254. The number of nitrogens with one attached hydrogen (secondary N) is 2. The molecule has 4 rings (SSSR count). The van der Waals surface area contributed by atoms with Crippen molar-refractivity contribution in [2.45, 2.75) is 76.8 Å². The van der Waals surface area contributed by atoms with Crippen LogP contribution in [0.1, 0.15) is 85.8 Å². The molecule has 1 saturated carbocycles. The summed E-state index contributed by atoms with van der Waals surface area (Å²) in [6, 6.07) is 14.1. The molecule has 2 fully saturated rings. The summed E-state index contributed by atoms with van der Waals surface area (Å²) in [5, 5.41) is 6.49. The molecule has 6 heteroatoms. The van der Waals surface area contributed by atoms with Crippen molar-refractivity contribution < 1.29 is 14.0 Å². The zero-order valence-electron chi connectivity index (χ0n) is 21.7. The second kappa shape index (κ2) is 12.0. The molecular formula is C30H40FN3O2. The third kappa shape index (κ3) is 7.16. The molecule has 1 aliphatic heterocycles. The lowest BCUT2D eigenvalue weighted by Crippen LogP contribution is -2.53. The van der Waals surface area contributed by atoms with Crippen molar-refractivity contribution in [2.24, 2.45) is 5.92 Å². The molecule has 2 aromatic carbocycles. The van der Waals surface area contributed by atoms with Crippen LogP contribution in [-0.4, -0.2) is 41.9 Å². The Bertz CT molecular complexity index is 1020. The first-order valence-electron chi connectivity index (χ1n) is 13.5. The maximum Gasteiger partial charge on any atom is 0.251 e. The summed E-state index contributed by atoms with van der Waals surface area (Å²) in [6.45, 7) is 6.69. The predicted octanol–water partition coefficient (Wildman–Crippen LogP) is 5.55. The fourth-order valence-electron chi connectivity index (χ4n) is 5.46. The Morgan fingerprint density at radius 1 is 1.06 bits per heavy atom. The molecule has 2 N–H and O–H groups in total. The molecule has 0 aromatic heterocycles. The highest BCUT2D eigenvalue weighted by Crippen LogP contribution is 2.27. The Hall–Kier alpha value is -2.73. The van der Waals surface area contributed by atoms with Crippen LogP contribution < -0.4 is 10.6 Å². The van der Waals surface area contributed by atoms with E-state index in [0.29, 0.717) is 5.56 Å². The second-order valence-corrected chi connectivity index (χ2v) is 11.0. The minimum Gasteiger partial charge on any atom is -0.349 e. The van der Waals surface area contributed by atoms with E-state index in [1.165, 1.54) is 12.5 Å². The number of carbonyl (C=O) groups is 2. The number of benzene rings is 2. The molecule has 2 amide bonds. The summed E-state index contributed by atoms with van der Waals surface area (Å²) >= 11 is 0. The van der Waals surface area contributed by atoms with Crippen LogP contribution in [0.3, 0.4) is 0 Å². The average Bonchev–Trinajstić information content (AvgIpc) is 2.88. The van der Waals surface area contributed by atoms with Gasteiger partial charge in [-0.25, -0.2) is 4.39 Å². The Morgan fingerprint density at radius 2 is 1.75 bits per heavy atom. The van der Waals surface area contributed by atoms with Crippen molar-refractivity contribution in [3.8, 4) is 0 Å². The van der Waals surface area contributed by atoms with Gasteiger partial charge < -0.3 is 15.5 Å². The summed E-state index contributed by atoms with van der Waals surface area (Å²) in [4.78, 5) is 28.1. The molecule has 0 radical (unpaired) electrons.